The molecule has 0 aromatic heterocycles. The third kappa shape index (κ3) is 5.19. The number of rotatable bonds is 10. The Morgan fingerprint density at radius 2 is 2.14 bits per heavy atom. The zero-order valence-electron chi connectivity index (χ0n) is 16.4. The SMILES string of the molecule is C=CCOCC(NC(=O)C1CC(=O)N(c2ccccc2C(C)CC)C1)C(=O)O. The van der Waals surface area contributed by atoms with Gasteiger partial charge >= 0.3 is 5.97 Å². The number of carboxylic acids is 1. The van der Waals surface area contributed by atoms with E-state index in [1.165, 1.54) is 6.08 Å². The van der Waals surface area contributed by atoms with Gasteiger partial charge in [-0.15, -0.1) is 6.58 Å². The summed E-state index contributed by atoms with van der Waals surface area (Å²) in [4.78, 5) is 38.1. The highest BCUT2D eigenvalue weighted by Crippen LogP contribution is 2.33. The van der Waals surface area contributed by atoms with Crippen molar-refractivity contribution in [3.63, 3.8) is 0 Å². The van der Waals surface area contributed by atoms with Crippen LogP contribution < -0.4 is 10.2 Å². The van der Waals surface area contributed by atoms with Gasteiger partial charge in [-0.2, -0.15) is 0 Å². The molecule has 0 radical (unpaired) electrons. The van der Waals surface area contributed by atoms with Crippen LogP contribution in [0.2, 0.25) is 0 Å². The first kappa shape index (κ1) is 21.6. The number of hydrogen-bond acceptors (Lipinski definition) is 4. The van der Waals surface area contributed by atoms with Gasteiger partial charge in [0.1, 0.15) is 0 Å². The summed E-state index contributed by atoms with van der Waals surface area (Å²) in [6, 6.07) is 6.55. The highest BCUT2D eigenvalue weighted by molar-refractivity contribution is 6.01. The van der Waals surface area contributed by atoms with Gasteiger partial charge in [-0.25, -0.2) is 4.79 Å². The Labute approximate surface area is 165 Å². The monoisotopic (exact) mass is 388 g/mol. The molecule has 1 heterocycles. The van der Waals surface area contributed by atoms with E-state index >= 15 is 0 Å². The summed E-state index contributed by atoms with van der Waals surface area (Å²) in [5.41, 5.74) is 1.89. The van der Waals surface area contributed by atoms with Gasteiger partial charge < -0.3 is 20.1 Å². The summed E-state index contributed by atoms with van der Waals surface area (Å²) in [6.07, 6.45) is 2.50. The molecule has 0 bridgehead atoms. The fourth-order valence-electron chi connectivity index (χ4n) is 3.22. The van der Waals surface area contributed by atoms with Crippen molar-refractivity contribution in [1.29, 1.82) is 0 Å². The van der Waals surface area contributed by atoms with Gasteiger partial charge in [0.25, 0.3) is 0 Å². The average molecular weight is 388 g/mol. The first-order valence-corrected chi connectivity index (χ1v) is 9.50. The fourth-order valence-corrected chi connectivity index (χ4v) is 3.22. The molecule has 7 nitrogen and oxygen atoms in total. The van der Waals surface area contributed by atoms with Gasteiger partial charge in [-0.1, -0.05) is 38.1 Å². The Bertz CT molecular complexity index is 733. The summed E-state index contributed by atoms with van der Waals surface area (Å²) in [5.74, 6) is -2.08. The van der Waals surface area contributed by atoms with Crippen LogP contribution in [-0.4, -0.2) is 48.7 Å². The van der Waals surface area contributed by atoms with Gasteiger partial charge in [0.05, 0.1) is 19.1 Å². The van der Waals surface area contributed by atoms with Crippen LogP contribution >= 0.6 is 0 Å². The number of amides is 2. The molecule has 2 rings (SSSR count). The number of carbonyl (C=O) groups excluding carboxylic acids is 2. The quantitative estimate of drug-likeness (QED) is 0.474. The van der Waals surface area contributed by atoms with E-state index in [0.29, 0.717) is 0 Å². The Balaban J connectivity index is 2.08. The van der Waals surface area contributed by atoms with E-state index in [2.05, 4.69) is 25.7 Å². The summed E-state index contributed by atoms with van der Waals surface area (Å²) >= 11 is 0. The second-order valence-corrected chi connectivity index (χ2v) is 7.00. The molecule has 1 aromatic carbocycles. The van der Waals surface area contributed by atoms with Gasteiger partial charge in [0.2, 0.25) is 11.8 Å². The van der Waals surface area contributed by atoms with Crippen LogP contribution in [0.4, 0.5) is 5.69 Å². The lowest BCUT2D eigenvalue weighted by molar-refractivity contribution is -0.144. The van der Waals surface area contributed by atoms with E-state index < -0.39 is 23.8 Å². The lowest BCUT2D eigenvalue weighted by Crippen LogP contribution is -2.46. The molecule has 2 N–H and O–H groups in total. The lowest BCUT2D eigenvalue weighted by atomic mass is 9.96. The number of para-hydroxylation sites is 1. The lowest BCUT2D eigenvalue weighted by Gasteiger charge is -2.23. The molecule has 0 aliphatic carbocycles. The van der Waals surface area contributed by atoms with Crippen molar-refractivity contribution in [3.05, 3.63) is 42.5 Å². The van der Waals surface area contributed by atoms with Crippen molar-refractivity contribution < 1.29 is 24.2 Å². The van der Waals surface area contributed by atoms with E-state index in [0.717, 1.165) is 17.7 Å². The zero-order chi connectivity index (χ0) is 20.7. The third-order valence-electron chi connectivity index (χ3n) is 5.00. The number of anilines is 1. The number of ether oxygens (including phenoxy) is 1. The highest BCUT2D eigenvalue weighted by Gasteiger charge is 2.37. The van der Waals surface area contributed by atoms with Gasteiger partial charge in [-0.3, -0.25) is 9.59 Å². The fraction of sp³-hybridized carbons (Fsp3) is 0.476. The Hall–Kier alpha value is -2.67. The molecule has 0 saturated carbocycles. The largest absolute Gasteiger partial charge is 0.480 e. The molecular weight excluding hydrogens is 360 g/mol. The van der Waals surface area contributed by atoms with Crippen LogP contribution in [0, 0.1) is 5.92 Å². The zero-order valence-corrected chi connectivity index (χ0v) is 16.4. The summed E-state index contributed by atoms with van der Waals surface area (Å²) in [6.45, 7) is 7.96. The smallest absolute Gasteiger partial charge is 0.328 e. The second kappa shape index (κ2) is 10.0. The van der Waals surface area contributed by atoms with Crippen molar-refractivity contribution in [1.82, 2.24) is 5.32 Å². The van der Waals surface area contributed by atoms with E-state index in [-0.39, 0.29) is 38.0 Å². The second-order valence-electron chi connectivity index (χ2n) is 7.00. The van der Waals surface area contributed by atoms with Crippen LogP contribution in [0.3, 0.4) is 0 Å². The minimum atomic E-state index is -1.18. The predicted octanol–water partition coefficient (Wildman–Crippen LogP) is 2.32. The molecule has 3 unspecified atom stereocenters. The number of nitrogens with zero attached hydrogens (tertiary/aromatic N) is 1. The van der Waals surface area contributed by atoms with Gasteiger partial charge in [-0.05, 0) is 24.0 Å². The minimum absolute atomic E-state index is 0.0561. The molecule has 1 fully saturated rings. The van der Waals surface area contributed by atoms with Crippen LogP contribution in [0.15, 0.2) is 36.9 Å². The van der Waals surface area contributed by atoms with Gasteiger partial charge in [0.15, 0.2) is 6.04 Å². The number of carboxylic acid groups (broad SMARTS) is 1. The molecule has 1 aromatic rings. The summed E-state index contributed by atoms with van der Waals surface area (Å²) in [7, 11) is 0. The van der Waals surface area contributed by atoms with Crippen molar-refractivity contribution in [2.45, 2.75) is 38.6 Å². The molecule has 3 atom stereocenters. The van der Waals surface area contributed by atoms with Crippen molar-refractivity contribution >= 4 is 23.5 Å². The summed E-state index contributed by atoms with van der Waals surface area (Å²) < 4.78 is 5.14. The standard InChI is InChI=1S/C21H28N2O5/c1-4-10-28-13-17(21(26)27)22-20(25)15-11-19(24)23(12-15)18-9-7-6-8-16(18)14(3)5-2/h4,6-9,14-15,17H,1,5,10-13H2,2-3H3,(H,22,25)(H,26,27). The molecule has 1 aliphatic heterocycles. The maximum absolute atomic E-state index is 12.6. The molecule has 28 heavy (non-hydrogen) atoms. The van der Waals surface area contributed by atoms with Crippen LogP contribution in [0.25, 0.3) is 0 Å². The summed E-state index contributed by atoms with van der Waals surface area (Å²) in [5, 5.41) is 11.8. The molecule has 1 saturated heterocycles. The Morgan fingerprint density at radius 3 is 2.79 bits per heavy atom. The first-order chi connectivity index (χ1) is 13.4. The van der Waals surface area contributed by atoms with E-state index in [9.17, 15) is 19.5 Å². The van der Waals surface area contributed by atoms with Crippen LogP contribution in [-0.2, 0) is 19.1 Å². The third-order valence-corrected chi connectivity index (χ3v) is 5.00. The maximum Gasteiger partial charge on any atom is 0.328 e. The van der Waals surface area contributed by atoms with E-state index in [4.69, 9.17) is 4.74 Å². The minimum Gasteiger partial charge on any atom is -0.480 e. The number of hydrogen-bond donors (Lipinski definition) is 2. The molecule has 152 valence electrons. The molecule has 2 amide bonds. The van der Waals surface area contributed by atoms with Crippen molar-refractivity contribution in [2.75, 3.05) is 24.7 Å². The van der Waals surface area contributed by atoms with E-state index in [1.54, 1.807) is 4.90 Å². The van der Waals surface area contributed by atoms with Gasteiger partial charge in [0, 0.05) is 18.7 Å². The number of nitrogens with one attached hydrogen (secondary N) is 1. The highest BCUT2D eigenvalue weighted by atomic mass is 16.5. The molecule has 1 aliphatic rings. The molecule has 7 heteroatoms. The normalized spacial score (nSPS) is 18.6. The topological polar surface area (TPSA) is 95.9 Å². The van der Waals surface area contributed by atoms with E-state index in [1.807, 2.05) is 24.3 Å². The predicted molar refractivity (Wildman–Crippen MR) is 106 cm³/mol. The Kier molecular flexibility index (Phi) is 7.75. The van der Waals surface area contributed by atoms with Crippen LogP contribution in [0.5, 0.6) is 0 Å². The Morgan fingerprint density at radius 1 is 1.43 bits per heavy atom. The first-order valence-electron chi connectivity index (χ1n) is 9.50. The molecular formula is C21H28N2O5. The van der Waals surface area contributed by atoms with Crippen molar-refractivity contribution in [3.8, 4) is 0 Å². The molecule has 0 spiro atoms. The van der Waals surface area contributed by atoms with Crippen molar-refractivity contribution in [2.24, 2.45) is 5.92 Å². The maximum atomic E-state index is 12.6. The number of benzene rings is 1. The number of carbonyl (C=O) groups is 3. The van der Waals surface area contributed by atoms with Crippen LogP contribution in [0.1, 0.15) is 38.2 Å². The average Bonchev–Trinajstić information content (AvgIpc) is 3.08. The number of aliphatic carboxylic acids is 1.